The minimum absolute atomic E-state index is 0.483. The molecule has 0 aromatic heterocycles. The molecule has 2 aliphatic rings. The summed E-state index contributed by atoms with van der Waals surface area (Å²) in [6.07, 6.45) is 4.87. The standard InChI is InChI=1S/C14H17BrO2/c1-17-13-7-6-9(8-12(13)15)14(16)10-4-2-3-5-11(10)14/h6-8,10-11,16H,2-5H2,1H3. The maximum atomic E-state index is 10.8. The number of aliphatic hydroxyl groups is 1. The monoisotopic (exact) mass is 296 g/mol. The first-order valence-electron chi connectivity index (χ1n) is 6.24. The van der Waals surface area contributed by atoms with E-state index in [0.29, 0.717) is 11.8 Å². The Kier molecular flexibility index (Phi) is 2.71. The number of hydrogen-bond acceptors (Lipinski definition) is 2. The van der Waals surface area contributed by atoms with Gasteiger partial charge in [0.1, 0.15) is 5.75 Å². The maximum Gasteiger partial charge on any atom is 0.133 e. The van der Waals surface area contributed by atoms with Crippen molar-refractivity contribution in [3.05, 3.63) is 28.2 Å². The van der Waals surface area contributed by atoms with Crippen LogP contribution < -0.4 is 4.74 Å². The van der Waals surface area contributed by atoms with Gasteiger partial charge >= 0.3 is 0 Å². The number of rotatable bonds is 2. The molecule has 3 rings (SSSR count). The summed E-state index contributed by atoms with van der Waals surface area (Å²) in [5.41, 5.74) is 0.479. The van der Waals surface area contributed by atoms with Crippen LogP contribution in [0.5, 0.6) is 5.75 Å². The van der Waals surface area contributed by atoms with Gasteiger partial charge in [0.15, 0.2) is 0 Å². The highest BCUT2D eigenvalue weighted by Crippen LogP contribution is 2.64. The van der Waals surface area contributed by atoms with Gasteiger partial charge in [-0.05, 0) is 58.3 Å². The molecule has 2 fully saturated rings. The van der Waals surface area contributed by atoms with Crippen molar-refractivity contribution in [1.29, 1.82) is 0 Å². The van der Waals surface area contributed by atoms with E-state index in [1.165, 1.54) is 25.7 Å². The van der Waals surface area contributed by atoms with Crippen LogP contribution in [0.1, 0.15) is 31.2 Å². The number of ether oxygens (including phenoxy) is 1. The molecule has 1 aromatic rings. The lowest BCUT2D eigenvalue weighted by Gasteiger charge is -2.13. The smallest absolute Gasteiger partial charge is 0.133 e. The van der Waals surface area contributed by atoms with Crippen LogP contribution >= 0.6 is 15.9 Å². The fourth-order valence-corrected chi connectivity index (χ4v) is 3.98. The highest BCUT2D eigenvalue weighted by atomic mass is 79.9. The van der Waals surface area contributed by atoms with Crippen LogP contribution in [0.2, 0.25) is 0 Å². The van der Waals surface area contributed by atoms with Crippen molar-refractivity contribution < 1.29 is 9.84 Å². The highest BCUT2D eigenvalue weighted by Gasteiger charge is 2.64. The van der Waals surface area contributed by atoms with E-state index >= 15 is 0 Å². The van der Waals surface area contributed by atoms with E-state index in [0.717, 1.165) is 15.8 Å². The lowest BCUT2D eigenvalue weighted by atomic mass is 10.0. The molecular formula is C14H17BrO2. The zero-order valence-corrected chi connectivity index (χ0v) is 11.5. The van der Waals surface area contributed by atoms with Gasteiger partial charge in [0.05, 0.1) is 17.2 Å². The Bertz CT molecular complexity index is 432. The molecule has 1 aromatic carbocycles. The Morgan fingerprint density at radius 1 is 1.29 bits per heavy atom. The van der Waals surface area contributed by atoms with Crippen molar-refractivity contribution in [2.24, 2.45) is 11.8 Å². The molecule has 2 aliphatic carbocycles. The van der Waals surface area contributed by atoms with Crippen molar-refractivity contribution in [1.82, 2.24) is 0 Å². The van der Waals surface area contributed by atoms with Gasteiger partial charge in [-0.3, -0.25) is 0 Å². The van der Waals surface area contributed by atoms with Crippen LogP contribution in [0.4, 0.5) is 0 Å². The number of halogens is 1. The van der Waals surface area contributed by atoms with Crippen molar-refractivity contribution in [2.75, 3.05) is 7.11 Å². The lowest BCUT2D eigenvalue weighted by Crippen LogP contribution is -2.10. The van der Waals surface area contributed by atoms with Gasteiger partial charge in [0.2, 0.25) is 0 Å². The van der Waals surface area contributed by atoms with Crippen molar-refractivity contribution in [3.8, 4) is 5.75 Å². The first-order valence-corrected chi connectivity index (χ1v) is 7.03. The highest BCUT2D eigenvalue weighted by molar-refractivity contribution is 9.10. The quantitative estimate of drug-likeness (QED) is 0.906. The molecule has 3 heteroatoms. The molecule has 2 saturated carbocycles. The Morgan fingerprint density at radius 2 is 1.94 bits per heavy atom. The molecule has 0 spiro atoms. The minimum Gasteiger partial charge on any atom is -0.496 e. The van der Waals surface area contributed by atoms with Crippen molar-refractivity contribution >= 4 is 15.9 Å². The molecule has 0 heterocycles. The number of fused-ring (bicyclic) bond motifs is 1. The van der Waals surface area contributed by atoms with E-state index in [4.69, 9.17) is 4.74 Å². The van der Waals surface area contributed by atoms with Crippen LogP contribution in [0.15, 0.2) is 22.7 Å². The Morgan fingerprint density at radius 3 is 2.47 bits per heavy atom. The van der Waals surface area contributed by atoms with Crippen molar-refractivity contribution in [2.45, 2.75) is 31.3 Å². The van der Waals surface area contributed by atoms with E-state index in [1.807, 2.05) is 18.2 Å². The van der Waals surface area contributed by atoms with Crippen LogP contribution in [-0.4, -0.2) is 12.2 Å². The molecule has 0 aliphatic heterocycles. The molecule has 2 atom stereocenters. The normalized spacial score (nSPS) is 35.2. The summed E-state index contributed by atoms with van der Waals surface area (Å²) < 4.78 is 6.15. The SMILES string of the molecule is COc1ccc(C2(O)C3CCCCC32)cc1Br. The Hall–Kier alpha value is -0.540. The van der Waals surface area contributed by atoms with Crippen LogP contribution in [0.3, 0.4) is 0 Å². The minimum atomic E-state index is -0.564. The first kappa shape index (κ1) is 11.5. The molecule has 0 radical (unpaired) electrons. The summed E-state index contributed by atoms with van der Waals surface area (Å²) in [4.78, 5) is 0. The summed E-state index contributed by atoms with van der Waals surface area (Å²) in [5, 5.41) is 10.8. The van der Waals surface area contributed by atoms with Crippen LogP contribution in [0, 0.1) is 11.8 Å². The number of methoxy groups -OCH3 is 1. The third kappa shape index (κ3) is 1.63. The summed E-state index contributed by atoms with van der Waals surface area (Å²) in [6.45, 7) is 0. The van der Waals surface area contributed by atoms with E-state index in [-0.39, 0.29) is 0 Å². The predicted molar refractivity (Wildman–Crippen MR) is 70.0 cm³/mol. The summed E-state index contributed by atoms with van der Waals surface area (Å²) in [7, 11) is 1.66. The molecule has 2 nitrogen and oxygen atoms in total. The van der Waals surface area contributed by atoms with Gasteiger partial charge in [-0.15, -0.1) is 0 Å². The molecule has 0 bridgehead atoms. The molecule has 1 N–H and O–H groups in total. The van der Waals surface area contributed by atoms with E-state index < -0.39 is 5.60 Å². The predicted octanol–water partition coefficient (Wildman–Crippen LogP) is 3.47. The third-order valence-electron chi connectivity index (χ3n) is 4.40. The second-order valence-electron chi connectivity index (χ2n) is 5.17. The Labute approximate surface area is 110 Å². The van der Waals surface area contributed by atoms with E-state index in [1.54, 1.807) is 7.11 Å². The largest absolute Gasteiger partial charge is 0.496 e. The van der Waals surface area contributed by atoms with Gasteiger partial charge in [0.25, 0.3) is 0 Å². The molecule has 2 unspecified atom stereocenters. The average Bonchev–Trinajstić information content (AvgIpc) is 2.97. The first-order chi connectivity index (χ1) is 8.17. The second-order valence-corrected chi connectivity index (χ2v) is 6.03. The zero-order chi connectivity index (χ0) is 12.0. The van der Waals surface area contributed by atoms with Crippen molar-refractivity contribution in [3.63, 3.8) is 0 Å². The Balaban J connectivity index is 1.92. The van der Waals surface area contributed by atoms with Gasteiger partial charge in [-0.2, -0.15) is 0 Å². The van der Waals surface area contributed by atoms with Gasteiger partial charge in [-0.25, -0.2) is 0 Å². The third-order valence-corrected chi connectivity index (χ3v) is 5.02. The van der Waals surface area contributed by atoms with Gasteiger partial charge in [-0.1, -0.05) is 18.9 Å². The summed E-state index contributed by atoms with van der Waals surface area (Å²) >= 11 is 3.49. The van der Waals surface area contributed by atoms with E-state index in [2.05, 4.69) is 15.9 Å². The maximum absolute atomic E-state index is 10.8. The summed E-state index contributed by atoms with van der Waals surface area (Å²) in [6, 6.07) is 5.95. The average molecular weight is 297 g/mol. The molecule has 0 amide bonds. The molecule has 0 saturated heterocycles. The molecule has 92 valence electrons. The number of hydrogen-bond donors (Lipinski definition) is 1. The van der Waals surface area contributed by atoms with Gasteiger partial charge < -0.3 is 9.84 Å². The zero-order valence-electron chi connectivity index (χ0n) is 9.95. The topological polar surface area (TPSA) is 29.5 Å². The fraction of sp³-hybridized carbons (Fsp3) is 0.571. The fourth-order valence-electron chi connectivity index (χ4n) is 3.44. The molecule has 17 heavy (non-hydrogen) atoms. The second kappa shape index (κ2) is 3.99. The lowest BCUT2D eigenvalue weighted by molar-refractivity contribution is 0.118. The van der Waals surface area contributed by atoms with Crippen LogP contribution in [-0.2, 0) is 5.60 Å². The van der Waals surface area contributed by atoms with Gasteiger partial charge in [0, 0.05) is 0 Å². The number of benzene rings is 1. The van der Waals surface area contributed by atoms with Crippen LogP contribution in [0.25, 0.3) is 0 Å². The summed E-state index contributed by atoms with van der Waals surface area (Å²) in [5.74, 6) is 1.79. The molecular weight excluding hydrogens is 280 g/mol. The van der Waals surface area contributed by atoms with E-state index in [9.17, 15) is 5.11 Å².